The van der Waals surface area contributed by atoms with Crippen molar-refractivity contribution in [3.8, 4) is 0 Å². The molecule has 0 spiro atoms. The van der Waals surface area contributed by atoms with Crippen LogP contribution in [0, 0.1) is 0 Å². The Morgan fingerprint density at radius 3 is 1.77 bits per heavy atom. The van der Waals surface area contributed by atoms with E-state index in [4.69, 9.17) is 9.90 Å². The van der Waals surface area contributed by atoms with Gasteiger partial charge in [0.25, 0.3) is 0 Å². The molecule has 0 aromatic heterocycles. The molecule has 6 heteroatoms. The Labute approximate surface area is 117 Å². The number of carbonyl (C=O) groups is 3. The normalized spacial score (nSPS) is 12.0. The van der Waals surface area contributed by atoms with Gasteiger partial charge in [0, 0.05) is 12.2 Å². The van der Waals surface area contributed by atoms with Crippen LogP contribution in [0.4, 0.5) is 0 Å². The van der Waals surface area contributed by atoms with Crippen molar-refractivity contribution in [3.05, 3.63) is 24.8 Å². The second kappa shape index (κ2) is 8.33. The van der Waals surface area contributed by atoms with Crippen LogP contribution < -0.4 is 56.5 Å². The summed E-state index contributed by atoms with van der Waals surface area (Å²) in [7, 11) is 0. The summed E-state index contributed by atoms with van der Waals surface area (Å²) in [5.74, 6) is -2.39. The number of esters is 2. The van der Waals surface area contributed by atoms with Gasteiger partial charge in [-0.15, -0.1) is 0 Å². The Morgan fingerprint density at radius 1 is 1.38 bits per heavy atom. The fourth-order valence-corrected chi connectivity index (χ4v) is 0.303. The third-order valence-electron chi connectivity index (χ3n) is 0.723. The maximum Gasteiger partial charge on any atom is 1.00 e. The van der Waals surface area contributed by atoms with Gasteiger partial charge < -0.3 is 14.6 Å². The fourth-order valence-electron chi connectivity index (χ4n) is 0.303. The van der Waals surface area contributed by atoms with Crippen molar-refractivity contribution in [2.75, 3.05) is 0 Å². The van der Waals surface area contributed by atoms with Crippen molar-refractivity contribution in [2.45, 2.75) is 0 Å². The van der Waals surface area contributed by atoms with Gasteiger partial charge in [-0.2, -0.15) is 0 Å². The first kappa shape index (κ1) is 15.2. The van der Waals surface area contributed by atoms with Crippen LogP contribution in [0.15, 0.2) is 24.8 Å². The molecule has 0 saturated carbocycles. The third kappa shape index (κ3) is 9.64. The van der Waals surface area contributed by atoms with Crippen LogP contribution in [0.2, 0.25) is 0 Å². The Balaban J connectivity index is 0. The Kier molecular flexibility index (Phi) is 9.75. The molecule has 1 aliphatic heterocycles. The first-order valence-electron chi connectivity index (χ1n) is 2.83. The number of cyclic esters (lactones) is 2. The van der Waals surface area contributed by atoms with Gasteiger partial charge in [0.05, 0.1) is 5.97 Å². The predicted octanol–water partition coefficient (Wildman–Crippen LogP) is -4.45. The minimum absolute atomic E-state index is 0. The molecule has 13 heavy (non-hydrogen) atoms. The Bertz CT molecular complexity index is 240. The van der Waals surface area contributed by atoms with E-state index in [1.54, 1.807) is 0 Å². The summed E-state index contributed by atoms with van der Waals surface area (Å²) in [6.07, 6.45) is 2.89. The SMILES string of the molecule is C=CC(=O)[O-].O=C1C=CC(=O)O1.[K+]. The van der Waals surface area contributed by atoms with Crippen LogP contribution in [-0.2, 0) is 19.1 Å². The van der Waals surface area contributed by atoms with E-state index in [0.29, 0.717) is 0 Å². The smallest absolute Gasteiger partial charge is 0.545 e. The van der Waals surface area contributed by atoms with E-state index in [1.807, 2.05) is 0 Å². The van der Waals surface area contributed by atoms with Crippen molar-refractivity contribution in [1.82, 2.24) is 0 Å². The Morgan fingerprint density at radius 2 is 1.69 bits per heavy atom. The molecule has 0 N–H and O–H groups in total. The van der Waals surface area contributed by atoms with E-state index in [9.17, 15) is 9.59 Å². The number of ether oxygens (including phenoxy) is 1. The maximum atomic E-state index is 9.92. The molecular formula is C7H5KO5. The van der Waals surface area contributed by atoms with Gasteiger partial charge in [-0.05, 0) is 6.08 Å². The number of aliphatic carboxylic acids is 1. The largest absolute Gasteiger partial charge is 1.00 e. The number of carboxylic acid groups (broad SMARTS) is 1. The Hall–Kier alpha value is -0.274. The van der Waals surface area contributed by atoms with Crippen molar-refractivity contribution < 1.29 is 75.6 Å². The monoisotopic (exact) mass is 208 g/mol. The molecule has 5 nitrogen and oxygen atoms in total. The van der Waals surface area contributed by atoms with Crippen LogP contribution >= 0.6 is 0 Å². The fraction of sp³-hybridized carbons (Fsp3) is 0. The van der Waals surface area contributed by atoms with Crippen molar-refractivity contribution >= 4 is 17.9 Å². The summed E-state index contributed by atoms with van der Waals surface area (Å²) in [6, 6.07) is 0. The van der Waals surface area contributed by atoms with Gasteiger partial charge in [-0.25, -0.2) is 9.59 Å². The molecule has 0 unspecified atom stereocenters. The first-order valence-corrected chi connectivity index (χ1v) is 2.83. The minimum atomic E-state index is -1.23. The van der Waals surface area contributed by atoms with Gasteiger partial charge in [0.2, 0.25) is 0 Å². The van der Waals surface area contributed by atoms with E-state index in [0.717, 1.165) is 18.2 Å². The zero-order valence-corrected chi connectivity index (χ0v) is 10.1. The second-order valence-electron chi connectivity index (χ2n) is 1.60. The van der Waals surface area contributed by atoms with Crippen LogP contribution in [0.1, 0.15) is 0 Å². The van der Waals surface area contributed by atoms with E-state index >= 15 is 0 Å². The van der Waals surface area contributed by atoms with E-state index in [2.05, 4.69) is 11.3 Å². The standard InChI is InChI=1S/C4H2O3.C3H4O2.K/c5-3-1-2-4(6)7-3;1-2-3(4)5;/h1-2H;2H,1H2,(H,4,5);/q;;+1/p-1. The number of rotatable bonds is 1. The number of hydrogen-bond acceptors (Lipinski definition) is 5. The molecule has 0 atom stereocenters. The maximum absolute atomic E-state index is 9.92. The number of carbonyl (C=O) groups excluding carboxylic acids is 3. The third-order valence-corrected chi connectivity index (χ3v) is 0.723. The molecule has 64 valence electrons. The molecule has 1 rings (SSSR count). The summed E-state index contributed by atoms with van der Waals surface area (Å²) in [5, 5.41) is 9.14. The van der Waals surface area contributed by atoms with Crippen molar-refractivity contribution in [1.29, 1.82) is 0 Å². The van der Waals surface area contributed by atoms with Crippen LogP contribution in [0.3, 0.4) is 0 Å². The molecule has 1 heterocycles. The molecule has 0 fully saturated rings. The average Bonchev–Trinajstić information content (AvgIpc) is 2.36. The zero-order valence-electron chi connectivity index (χ0n) is 6.98. The molecule has 0 aromatic rings. The summed E-state index contributed by atoms with van der Waals surface area (Å²) < 4.78 is 3.97. The molecule has 0 aromatic carbocycles. The van der Waals surface area contributed by atoms with Crippen LogP contribution in [0.25, 0.3) is 0 Å². The summed E-state index contributed by atoms with van der Waals surface area (Å²) in [6.45, 7) is 2.90. The quantitative estimate of drug-likeness (QED) is 0.188. The molecule has 0 amide bonds. The summed E-state index contributed by atoms with van der Waals surface area (Å²) >= 11 is 0. The summed E-state index contributed by atoms with van der Waals surface area (Å²) in [4.78, 5) is 29.0. The molecule has 1 aliphatic rings. The van der Waals surface area contributed by atoms with Gasteiger partial charge in [-0.1, -0.05) is 6.58 Å². The molecule has 0 aliphatic carbocycles. The van der Waals surface area contributed by atoms with Crippen molar-refractivity contribution in [2.24, 2.45) is 0 Å². The molecule has 0 bridgehead atoms. The molecule has 0 radical (unpaired) electrons. The topological polar surface area (TPSA) is 83.5 Å². The molecule has 0 saturated heterocycles. The van der Waals surface area contributed by atoms with E-state index in [1.165, 1.54) is 0 Å². The number of carboxylic acids is 1. The van der Waals surface area contributed by atoms with Gasteiger partial charge in [0.1, 0.15) is 0 Å². The summed E-state index contributed by atoms with van der Waals surface area (Å²) in [5.41, 5.74) is 0. The van der Waals surface area contributed by atoms with Gasteiger partial charge in [-0.3, -0.25) is 0 Å². The van der Waals surface area contributed by atoms with E-state index < -0.39 is 17.9 Å². The zero-order chi connectivity index (χ0) is 9.56. The minimum Gasteiger partial charge on any atom is -0.545 e. The predicted molar refractivity (Wildman–Crippen MR) is 35.4 cm³/mol. The van der Waals surface area contributed by atoms with Gasteiger partial charge in [0.15, 0.2) is 0 Å². The molecular weight excluding hydrogens is 203 g/mol. The number of hydrogen-bond donors (Lipinski definition) is 0. The second-order valence-corrected chi connectivity index (χ2v) is 1.60. The van der Waals surface area contributed by atoms with Gasteiger partial charge >= 0.3 is 63.3 Å². The van der Waals surface area contributed by atoms with Crippen LogP contribution in [-0.4, -0.2) is 17.9 Å². The van der Waals surface area contributed by atoms with Crippen LogP contribution in [0.5, 0.6) is 0 Å². The average molecular weight is 208 g/mol. The van der Waals surface area contributed by atoms with Crippen molar-refractivity contribution in [3.63, 3.8) is 0 Å². The first-order chi connectivity index (χ1) is 5.56. The van der Waals surface area contributed by atoms with E-state index in [-0.39, 0.29) is 51.4 Å².